The van der Waals surface area contributed by atoms with E-state index < -0.39 is 0 Å². The van der Waals surface area contributed by atoms with Gasteiger partial charge in [0.2, 0.25) is 6.79 Å². The number of aromatic nitrogens is 1. The maximum absolute atomic E-state index is 5.31. The second kappa shape index (κ2) is 2.98. The molecular formula is C10H6INO2. The van der Waals surface area contributed by atoms with Gasteiger partial charge in [0, 0.05) is 11.6 Å². The predicted molar refractivity (Wildman–Crippen MR) is 60.6 cm³/mol. The molecule has 0 bridgehead atoms. The smallest absolute Gasteiger partial charge is 0.231 e. The average Bonchev–Trinajstić information content (AvgIpc) is 2.62. The third kappa shape index (κ3) is 1.13. The van der Waals surface area contributed by atoms with E-state index in [1.165, 1.54) is 0 Å². The van der Waals surface area contributed by atoms with Crippen LogP contribution >= 0.6 is 22.6 Å². The van der Waals surface area contributed by atoms with Gasteiger partial charge in [0.15, 0.2) is 11.5 Å². The molecule has 3 rings (SSSR count). The fourth-order valence-corrected chi connectivity index (χ4v) is 2.15. The molecule has 0 saturated heterocycles. The molecular weight excluding hydrogens is 293 g/mol. The summed E-state index contributed by atoms with van der Waals surface area (Å²) in [4.78, 5) is 4.22. The molecule has 0 aliphatic carbocycles. The number of hydrogen-bond donors (Lipinski definition) is 0. The Morgan fingerprint density at radius 3 is 2.86 bits per heavy atom. The van der Waals surface area contributed by atoms with Crippen molar-refractivity contribution >= 4 is 33.4 Å². The number of hydrogen-bond acceptors (Lipinski definition) is 3. The Labute approximate surface area is 94.2 Å². The second-order valence-corrected chi connectivity index (χ2v) is 4.05. The van der Waals surface area contributed by atoms with Gasteiger partial charge in [-0.05, 0) is 46.2 Å². The van der Waals surface area contributed by atoms with Gasteiger partial charge in [-0.25, -0.2) is 4.98 Å². The number of nitrogens with zero attached hydrogens (tertiary/aromatic N) is 1. The number of ether oxygens (including phenoxy) is 2. The van der Waals surface area contributed by atoms with Crippen molar-refractivity contribution in [2.45, 2.75) is 0 Å². The topological polar surface area (TPSA) is 31.4 Å². The minimum Gasteiger partial charge on any atom is -0.454 e. The molecule has 1 aliphatic heterocycles. The predicted octanol–water partition coefficient (Wildman–Crippen LogP) is 2.57. The molecule has 0 fully saturated rings. The molecule has 0 saturated carbocycles. The first-order chi connectivity index (χ1) is 6.84. The van der Waals surface area contributed by atoms with Gasteiger partial charge >= 0.3 is 0 Å². The summed E-state index contributed by atoms with van der Waals surface area (Å²) in [5.41, 5.74) is 0. The summed E-state index contributed by atoms with van der Waals surface area (Å²) in [6, 6.07) is 5.94. The first kappa shape index (κ1) is 8.28. The minimum absolute atomic E-state index is 0.315. The normalized spacial score (nSPS) is 13.5. The highest BCUT2D eigenvalue weighted by Gasteiger charge is 2.14. The van der Waals surface area contributed by atoms with E-state index >= 15 is 0 Å². The van der Waals surface area contributed by atoms with Gasteiger partial charge in [0.25, 0.3) is 0 Å². The van der Waals surface area contributed by atoms with Crippen LogP contribution in [0.4, 0.5) is 0 Å². The lowest BCUT2D eigenvalue weighted by Gasteiger charge is -2.01. The van der Waals surface area contributed by atoms with Gasteiger partial charge in [-0.3, -0.25) is 0 Å². The monoisotopic (exact) mass is 299 g/mol. The van der Waals surface area contributed by atoms with Crippen molar-refractivity contribution in [3.05, 3.63) is 28.1 Å². The van der Waals surface area contributed by atoms with Gasteiger partial charge in [-0.1, -0.05) is 0 Å². The maximum atomic E-state index is 5.31. The largest absolute Gasteiger partial charge is 0.454 e. The summed E-state index contributed by atoms with van der Waals surface area (Å²) >= 11 is 2.22. The molecule has 0 spiro atoms. The molecule has 0 amide bonds. The third-order valence-electron chi connectivity index (χ3n) is 2.21. The Balaban J connectivity index is 2.39. The van der Waals surface area contributed by atoms with Crippen molar-refractivity contribution in [2.24, 2.45) is 0 Å². The van der Waals surface area contributed by atoms with E-state index in [0.717, 1.165) is 26.0 Å². The van der Waals surface area contributed by atoms with Gasteiger partial charge in [-0.2, -0.15) is 0 Å². The van der Waals surface area contributed by atoms with E-state index in [9.17, 15) is 0 Å². The summed E-state index contributed by atoms with van der Waals surface area (Å²) in [5, 5.41) is 2.24. The molecule has 3 nitrogen and oxygen atoms in total. The Morgan fingerprint density at radius 1 is 1.21 bits per heavy atom. The Bertz CT molecular complexity index is 513. The van der Waals surface area contributed by atoms with Crippen molar-refractivity contribution < 1.29 is 9.47 Å². The summed E-state index contributed by atoms with van der Waals surface area (Å²) < 4.78 is 11.6. The van der Waals surface area contributed by atoms with Crippen molar-refractivity contribution in [3.8, 4) is 11.5 Å². The molecule has 70 valence electrons. The van der Waals surface area contributed by atoms with Gasteiger partial charge in [-0.15, -0.1) is 0 Å². The fourth-order valence-electron chi connectivity index (χ4n) is 1.53. The van der Waals surface area contributed by atoms with E-state index in [4.69, 9.17) is 9.47 Å². The van der Waals surface area contributed by atoms with Crippen LogP contribution in [0.2, 0.25) is 0 Å². The van der Waals surface area contributed by atoms with Crippen LogP contribution in [0.15, 0.2) is 24.4 Å². The van der Waals surface area contributed by atoms with Crippen LogP contribution in [0.25, 0.3) is 10.8 Å². The van der Waals surface area contributed by atoms with E-state index in [1.807, 2.05) is 18.2 Å². The van der Waals surface area contributed by atoms with Gasteiger partial charge in [0.1, 0.15) is 3.70 Å². The highest BCUT2D eigenvalue weighted by molar-refractivity contribution is 14.1. The number of benzene rings is 1. The van der Waals surface area contributed by atoms with Crippen molar-refractivity contribution in [2.75, 3.05) is 6.79 Å². The third-order valence-corrected chi connectivity index (χ3v) is 3.07. The van der Waals surface area contributed by atoms with Crippen LogP contribution < -0.4 is 9.47 Å². The number of rotatable bonds is 0. The highest BCUT2D eigenvalue weighted by atomic mass is 127. The molecule has 1 aromatic heterocycles. The molecule has 0 radical (unpaired) electrons. The van der Waals surface area contributed by atoms with Gasteiger partial charge < -0.3 is 9.47 Å². The first-order valence-electron chi connectivity index (χ1n) is 4.18. The zero-order chi connectivity index (χ0) is 9.54. The lowest BCUT2D eigenvalue weighted by atomic mass is 10.1. The molecule has 0 N–H and O–H groups in total. The molecule has 0 unspecified atom stereocenters. The van der Waals surface area contributed by atoms with Crippen LogP contribution in [0.5, 0.6) is 11.5 Å². The summed E-state index contributed by atoms with van der Waals surface area (Å²) in [6.45, 7) is 0.315. The Kier molecular flexibility index (Phi) is 1.76. The average molecular weight is 299 g/mol. The maximum Gasteiger partial charge on any atom is 0.231 e. The SMILES string of the molecule is Ic1nccc2cc3c(cc12)OCO3. The summed E-state index contributed by atoms with van der Waals surface area (Å²) in [7, 11) is 0. The number of fused-ring (bicyclic) bond motifs is 2. The van der Waals surface area contributed by atoms with Crippen LogP contribution in [-0.2, 0) is 0 Å². The lowest BCUT2D eigenvalue weighted by molar-refractivity contribution is 0.174. The zero-order valence-electron chi connectivity index (χ0n) is 7.16. The fraction of sp³-hybridized carbons (Fsp3) is 0.100. The molecule has 14 heavy (non-hydrogen) atoms. The van der Waals surface area contributed by atoms with Crippen LogP contribution in [0.1, 0.15) is 0 Å². The molecule has 0 atom stereocenters. The van der Waals surface area contributed by atoms with E-state index in [2.05, 4.69) is 27.6 Å². The number of pyridine rings is 1. The Morgan fingerprint density at radius 2 is 2.00 bits per heavy atom. The highest BCUT2D eigenvalue weighted by Crippen LogP contribution is 2.36. The van der Waals surface area contributed by atoms with E-state index in [1.54, 1.807) is 6.20 Å². The van der Waals surface area contributed by atoms with Crippen molar-refractivity contribution in [1.82, 2.24) is 4.98 Å². The minimum atomic E-state index is 0.315. The second-order valence-electron chi connectivity index (χ2n) is 3.03. The Hall–Kier alpha value is -1.04. The van der Waals surface area contributed by atoms with E-state index in [-0.39, 0.29) is 0 Å². The lowest BCUT2D eigenvalue weighted by Crippen LogP contribution is -1.92. The first-order valence-corrected chi connectivity index (χ1v) is 5.26. The van der Waals surface area contributed by atoms with Crippen LogP contribution in [0.3, 0.4) is 0 Å². The zero-order valence-corrected chi connectivity index (χ0v) is 9.32. The molecule has 4 heteroatoms. The molecule has 2 heterocycles. The van der Waals surface area contributed by atoms with E-state index in [0.29, 0.717) is 6.79 Å². The standard InChI is InChI=1S/C10H6INO2/c11-10-7-4-9-8(13-5-14-9)3-6(7)1-2-12-10/h1-4H,5H2. The number of halogens is 1. The quantitative estimate of drug-likeness (QED) is 0.553. The van der Waals surface area contributed by atoms with Crippen LogP contribution in [0, 0.1) is 3.70 Å². The van der Waals surface area contributed by atoms with Crippen molar-refractivity contribution in [1.29, 1.82) is 0 Å². The van der Waals surface area contributed by atoms with Crippen molar-refractivity contribution in [3.63, 3.8) is 0 Å². The van der Waals surface area contributed by atoms with Gasteiger partial charge in [0.05, 0.1) is 0 Å². The molecule has 2 aromatic rings. The summed E-state index contributed by atoms with van der Waals surface area (Å²) in [5.74, 6) is 1.63. The summed E-state index contributed by atoms with van der Waals surface area (Å²) in [6.07, 6.45) is 1.80. The van der Waals surface area contributed by atoms with Crippen LogP contribution in [-0.4, -0.2) is 11.8 Å². The molecule has 1 aromatic carbocycles. The molecule has 1 aliphatic rings.